The number of para-hydroxylation sites is 1. The fraction of sp³-hybridized carbons (Fsp3) is 0.625. The van der Waals surface area contributed by atoms with Crippen molar-refractivity contribution in [1.29, 1.82) is 0 Å². The lowest BCUT2D eigenvalue weighted by Crippen LogP contribution is -2.44. The molecule has 0 amide bonds. The van der Waals surface area contributed by atoms with E-state index in [2.05, 4.69) is 63.4 Å². The molecule has 0 unspecified atom stereocenters. The van der Waals surface area contributed by atoms with Crippen molar-refractivity contribution in [3.8, 4) is 0 Å². The van der Waals surface area contributed by atoms with Crippen LogP contribution in [0.25, 0.3) is 0 Å². The molecule has 0 fully saturated rings. The van der Waals surface area contributed by atoms with Crippen LogP contribution in [0.5, 0.6) is 0 Å². The first-order chi connectivity index (χ1) is 8.88. The first-order valence-corrected chi connectivity index (χ1v) is 10.1. The van der Waals surface area contributed by atoms with Crippen molar-refractivity contribution in [1.82, 2.24) is 0 Å². The average Bonchev–Trinajstić information content (AvgIpc) is 2.34. The van der Waals surface area contributed by atoms with Crippen molar-refractivity contribution >= 4 is 14.7 Å². The molecule has 0 saturated carbocycles. The van der Waals surface area contributed by atoms with Crippen LogP contribution < -0.4 is 5.32 Å². The molecule has 0 saturated heterocycles. The Balaban J connectivity index is 2.16. The van der Waals surface area contributed by atoms with Gasteiger partial charge in [0, 0.05) is 18.2 Å². The molecule has 2 rings (SSSR count). The summed E-state index contributed by atoms with van der Waals surface area (Å²) in [5.41, 5.74) is 2.94. The largest absolute Gasteiger partial charge is 0.417 e. The Labute approximate surface area is 119 Å². The van der Waals surface area contributed by atoms with E-state index in [0.29, 0.717) is 12.0 Å². The smallest absolute Gasteiger partial charge is 0.171 e. The predicted octanol–water partition coefficient (Wildman–Crippen LogP) is 3.69. The second-order valence-electron chi connectivity index (χ2n) is 6.97. The minimum atomic E-state index is -1.01. The fourth-order valence-electron chi connectivity index (χ4n) is 3.00. The number of benzene rings is 1. The maximum absolute atomic E-state index is 6.37. The maximum Gasteiger partial charge on any atom is 0.171 e. The summed E-state index contributed by atoms with van der Waals surface area (Å²) in [6, 6.07) is 8.65. The van der Waals surface area contributed by atoms with E-state index in [4.69, 9.17) is 4.43 Å². The average molecular weight is 277 g/mol. The second kappa shape index (κ2) is 5.67. The van der Waals surface area contributed by atoms with Crippen LogP contribution in [-0.4, -0.2) is 21.7 Å². The van der Waals surface area contributed by atoms with Crippen LogP contribution in [0.3, 0.4) is 0 Å². The molecule has 1 aromatic rings. The van der Waals surface area contributed by atoms with Gasteiger partial charge in [0.1, 0.15) is 0 Å². The van der Waals surface area contributed by atoms with Crippen molar-refractivity contribution in [2.45, 2.75) is 46.4 Å². The van der Waals surface area contributed by atoms with E-state index in [1.54, 1.807) is 0 Å². The summed E-state index contributed by atoms with van der Waals surface area (Å²) in [7, 11) is -1.01. The van der Waals surface area contributed by atoms with Crippen molar-refractivity contribution in [3.05, 3.63) is 29.8 Å². The highest BCUT2D eigenvalue weighted by Crippen LogP contribution is 2.34. The number of hydrogen-bond donors (Lipinski definition) is 1. The molecule has 0 bridgehead atoms. The lowest BCUT2D eigenvalue weighted by atomic mass is 9.77. The topological polar surface area (TPSA) is 21.3 Å². The highest BCUT2D eigenvalue weighted by atomic mass is 28.3. The van der Waals surface area contributed by atoms with Crippen LogP contribution in [0, 0.1) is 11.3 Å². The lowest BCUT2D eigenvalue weighted by molar-refractivity contribution is 0.0364. The van der Waals surface area contributed by atoms with Gasteiger partial charge in [0.2, 0.25) is 0 Å². The molecule has 1 aromatic carbocycles. The lowest BCUT2D eigenvalue weighted by Gasteiger charge is -2.41. The molecule has 2 atom stereocenters. The Morgan fingerprint density at radius 3 is 2.58 bits per heavy atom. The molecule has 0 radical (unpaired) electrons. The minimum absolute atomic E-state index is 0.204. The molecule has 0 aromatic heterocycles. The monoisotopic (exact) mass is 277 g/mol. The van der Waals surface area contributed by atoms with E-state index in [0.717, 1.165) is 13.0 Å². The van der Waals surface area contributed by atoms with Crippen LogP contribution in [0.15, 0.2) is 24.3 Å². The zero-order chi connectivity index (χ0) is 14.0. The van der Waals surface area contributed by atoms with Gasteiger partial charge in [-0.1, -0.05) is 39.0 Å². The molecular weight excluding hydrogens is 250 g/mol. The van der Waals surface area contributed by atoms with Crippen molar-refractivity contribution in [2.75, 3.05) is 11.9 Å². The molecule has 3 heteroatoms. The molecular formula is C16H27NOSi. The molecule has 1 heterocycles. The number of rotatable bonds is 3. The normalized spacial score (nSPS) is 20.8. The summed E-state index contributed by atoms with van der Waals surface area (Å²) >= 11 is 0. The summed E-state index contributed by atoms with van der Waals surface area (Å²) in [6.07, 6.45) is 1.48. The Bertz CT molecular complexity index is 425. The van der Waals surface area contributed by atoms with Gasteiger partial charge in [-0.05, 0) is 36.6 Å². The third-order valence-electron chi connectivity index (χ3n) is 3.75. The molecule has 2 nitrogen and oxygen atoms in total. The molecule has 1 aliphatic rings. The Morgan fingerprint density at radius 1 is 1.26 bits per heavy atom. The molecule has 106 valence electrons. The predicted molar refractivity (Wildman–Crippen MR) is 85.3 cm³/mol. The first kappa shape index (κ1) is 14.6. The van der Waals surface area contributed by atoms with Crippen molar-refractivity contribution in [3.63, 3.8) is 0 Å². The van der Waals surface area contributed by atoms with Gasteiger partial charge in [-0.2, -0.15) is 0 Å². The van der Waals surface area contributed by atoms with Crippen LogP contribution >= 0.6 is 0 Å². The summed E-state index contributed by atoms with van der Waals surface area (Å²) in [6.45, 7) is 12.5. The van der Waals surface area contributed by atoms with Crippen LogP contribution in [0.2, 0.25) is 13.1 Å². The number of anilines is 1. The fourth-order valence-corrected chi connectivity index (χ4v) is 4.21. The van der Waals surface area contributed by atoms with Crippen molar-refractivity contribution in [2.24, 2.45) is 11.3 Å². The Morgan fingerprint density at radius 2 is 1.95 bits per heavy atom. The van der Waals surface area contributed by atoms with Crippen LogP contribution in [-0.2, 0) is 10.8 Å². The Hall–Kier alpha value is -0.803. The zero-order valence-corrected chi connectivity index (χ0v) is 14.0. The standard InChI is InChI=1S/C16H27NOSi/c1-16(2,3)15(18-19(4)5)13-10-12-8-6-7-9-14(12)17-11-13/h6-9,13,15,17,19H,10-11H2,1-5H3/t13-,15+/m1/s1. The number of fused-ring (bicyclic) bond motifs is 1. The van der Waals surface area contributed by atoms with Gasteiger partial charge < -0.3 is 9.74 Å². The van der Waals surface area contributed by atoms with Crippen molar-refractivity contribution < 1.29 is 4.43 Å². The SMILES string of the molecule is C[SiH](C)O[C@@H]([C@H]1CNc2ccccc2C1)C(C)(C)C. The zero-order valence-electron chi connectivity index (χ0n) is 12.9. The van der Waals surface area contributed by atoms with Gasteiger partial charge >= 0.3 is 0 Å². The van der Waals surface area contributed by atoms with Gasteiger partial charge in [0.25, 0.3) is 0 Å². The second-order valence-corrected chi connectivity index (χ2v) is 9.34. The third kappa shape index (κ3) is 3.60. The Kier molecular flexibility index (Phi) is 4.36. The van der Waals surface area contributed by atoms with Crippen LogP contribution in [0.1, 0.15) is 26.3 Å². The summed E-state index contributed by atoms with van der Waals surface area (Å²) < 4.78 is 6.37. The molecule has 0 aliphatic carbocycles. The van der Waals surface area contributed by atoms with E-state index in [1.807, 2.05) is 0 Å². The highest BCUT2D eigenvalue weighted by Gasteiger charge is 2.35. The van der Waals surface area contributed by atoms with Gasteiger partial charge in [0.15, 0.2) is 9.04 Å². The van der Waals surface area contributed by atoms with Gasteiger partial charge in [-0.25, -0.2) is 0 Å². The molecule has 1 N–H and O–H groups in total. The first-order valence-electron chi connectivity index (χ1n) is 7.35. The molecule has 19 heavy (non-hydrogen) atoms. The highest BCUT2D eigenvalue weighted by molar-refractivity contribution is 6.48. The van der Waals surface area contributed by atoms with Gasteiger partial charge in [-0.15, -0.1) is 0 Å². The third-order valence-corrected chi connectivity index (χ3v) is 4.59. The molecule has 0 spiro atoms. The van der Waals surface area contributed by atoms with Gasteiger partial charge in [-0.3, -0.25) is 0 Å². The van der Waals surface area contributed by atoms with E-state index in [1.165, 1.54) is 11.3 Å². The quantitative estimate of drug-likeness (QED) is 0.851. The van der Waals surface area contributed by atoms with E-state index < -0.39 is 9.04 Å². The summed E-state index contributed by atoms with van der Waals surface area (Å²) in [4.78, 5) is 0. The minimum Gasteiger partial charge on any atom is -0.417 e. The maximum atomic E-state index is 6.37. The summed E-state index contributed by atoms with van der Waals surface area (Å²) in [5.74, 6) is 0.574. The summed E-state index contributed by atoms with van der Waals surface area (Å²) in [5, 5.41) is 3.57. The van der Waals surface area contributed by atoms with E-state index in [9.17, 15) is 0 Å². The van der Waals surface area contributed by atoms with Gasteiger partial charge in [0.05, 0.1) is 6.10 Å². The van der Waals surface area contributed by atoms with E-state index in [-0.39, 0.29) is 5.41 Å². The number of nitrogens with one attached hydrogen (secondary N) is 1. The van der Waals surface area contributed by atoms with Crippen LogP contribution in [0.4, 0.5) is 5.69 Å². The molecule has 1 aliphatic heterocycles. The number of hydrogen-bond acceptors (Lipinski definition) is 2. The van der Waals surface area contributed by atoms with E-state index >= 15 is 0 Å².